The lowest BCUT2D eigenvalue weighted by Crippen LogP contribution is -2.48. The van der Waals surface area contributed by atoms with Crippen molar-refractivity contribution in [2.75, 3.05) is 66.6 Å². The van der Waals surface area contributed by atoms with Gasteiger partial charge in [-0.2, -0.15) is 4.98 Å². The number of nitrogens with zero attached hydrogens (tertiary/aromatic N) is 4. The molecule has 0 amide bonds. The third kappa shape index (κ3) is 2.82. The molecule has 5 rings (SSSR count). The van der Waals surface area contributed by atoms with Crippen LogP contribution in [0.2, 0.25) is 0 Å². The molecule has 4 aliphatic rings. The Kier molecular flexibility index (Phi) is 4.18. The van der Waals surface area contributed by atoms with Crippen LogP contribution in [-0.4, -0.2) is 97.4 Å². The molecule has 10 nitrogen and oxygen atoms in total. The Bertz CT molecular complexity index is 590. The quantitative estimate of drug-likeness (QED) is 0.642. The number of hydrogen-bond acceptors (Lipinski definition) is 10. The monoisotopic (exact) mass is 366 g/mol. The number of rotatable bonds is 6. The van der Waals surface area contributed by atoms with Gasteiger partial charge >= 0.3 is 0 Å². The van der Waals surface area contributed by atoms with E-state index in [4.69, 9.17) is 28.4 Å². The molecule has 0 saturated carbocycles. The molecule has 1 aromatic rings. The van der Waals surface area contributed by atoms with Gasteiger partial charge in [0.15, 0.2) is 0 Å². The van der Waals surface area contributed by atoms with Crippen molar-refractivity contribution in [1.29, 1.82) is 0 Å². The van der Waals surface area contributed by atoms with Crippen LogP contribution in [-0.2, 0) is 18.9 Å². The van der Waals surface area contributed by atoms with Crippen LogP contribution in [0.4, 0.5) is 0 Å². The van der Waals surface area contributed by atoms with Crippen LogP contribution in [0.1, 0.15) is 0 Å². The summed E-state index contributed by atoms with van der Waals surface area (Å²) in [6.07, 6.45) is 3.17. The molecule has 5 heterocycles. The second-order valence-electron chi connectivity index (χ2n) is 7.21. The fourth-order valence-corrected chi connectivity index (χ4v) is 3.69. The highest BCUT2D eigenvalue weighted by molar-refractivity contribution is 5.14. The second-order valence-corrected chi connectivity index (χ2v) is 7.21. The molecule has 0 aliphatic carbocycles. The molecule has 142 valence electrons. The highest BCUT2D eigenvalue weighted by atomic mass is 16.6. The molecule has 0 atom stereocenters. The Labute approximate surface area is 150 Å². The van der Waals surface area contributed by atoms with Gasteiger partial charge in [0.05, 0.1) is 38.8 Å². The number of aromatic nitrogens is 2. The van der Waals surface area contributed by atoms with Crippen molar-refractivity contribution in [3.05, 3.63) is 12.4 Å². The lowest BCUT2D eigenvalue weighted by Gasteiger charge is -2.27. The smallest absolute Gasteiger partial charge is 0.235 e. The summed E-state index contributed by atoms with van der Waals surface area (Å²) in [4.78, 5) is 12.9. The molecular formula is C16H22N4O6. The molecule has 4 aliphatic heterocycles. The predicted octanol–water partition coefficient (Wildman–Crippen LogP) is -0.733. The molecule has 0 radical (unpaired) electrons. The maximum absolute atomic E-state index is 5.88. The summed E-state index contributed by atoms with van der Waals surface area (Å²) < 4.78 is 33.9. The van der Waals surface area contributed by atoms with Crippen molar-refractivity contribution in [1.82, 2.24) is 19.8 Å². The third-order valence-corrected chi connectivity index (χ3v) is 5.38. The van der Waals surface area contributed by atoms with Crippen LogP contribution in [0, 0.1) is 0 Å². The van der Waals surface area contributed by atoms with E-state index in [0.29, 0.717) is 78.3 Å². The van der Waals surface area contributed by atoms with E-state index < -0.39 is 0 Å². The fraction of sp³-hybridized carbons (Fsp3) is 0.750. The first-order chi connectivity index (χ1) is 12.8. The summed E-state index contributed by atoms with van der Waals surface area (Å²) in [6.45, 7) is 5.52. The van der Waals surface area contributed by atoms with Crippen LogP contribution in [0.15, 0.2) is 12.4 Å². The van der Waals surface area contributed by atoms with Gasteiger partial charge < -0.3 is 28.4 Å². The lowest BCUT2D eigenvalue weighted by atomic mass is 10.0. The number of hydrogen-bond donors (Lipinski definition) is 0. The zero-order valence-corrected chi connectivity index (χ0v) is 14.5. The van der Waals surface area contributed by atoms with Crippen LogP contribution >= 0.6 is 0 Å². The third-order valence-electron chi connectivity index (χ3n) is 5.38. The topological polar surface area (TPSA) is 87.6 Å². The zero-order chi connectivity index (χ0) is 17.5. The summed E-state index contributed by atoms with van der Waals surface area (Å²) in [6, 6.07) is 0. The minimum Gasteiger partial charge on any atom is -0.474 e. The van der Waals surface area contributed by atoms with E-state index in [1.165, 1.54) is 0 Å². The summed E-state index contributed by atoms with van der Waals surface area (Å²) in [5.41, 5.74) is -0.471. The van der Waals surface area contributed by atoms with Crippen molar-refractivity contribution in [2.45, 2.75) is 11.1 Å². The molecule has 4 fully saturated rings. The predicted molar refractivity (Wildman–Crippen MR) is 85.4 cm³/mol. The minimum atomic E-state index is -0.236. The molecule has 0 unspecified atom stereocenters. The standard InChI is InChI=1S/C16H22N4O6/c1-13(25-7-15-3-21-9-19(15)10-22-4-15)18-14(2-17-1)26-8-16-5-23-11-20(16)12-24-6-16/h1-2H,3-12H2. The Hall–Kier alpha value is -1.56. The van der Waals surface area contributed by atoms with E-state index in [1.807, 2.05) is 0 Å². The van der Waals surface area contributed by atoms with E-state index >= 15 is 0 Å². The largest absolute Gasteiger partial charge is 0.474 e. The van der Waals surface area contributed by atoms with Gasteiger partial charge in [0.25, 0.3) is 0 Å². The van der Waals surface area contributed by atoms with Gasteiger partial charge in [-0.05, 0) is 0 Å². The Morgan fingerprint density at radius 1 is 0.769 bits per heavy atom. The van der Waals surface area contributed by atoms with Crippen LogP contribution in [0.5, 0.6) is 11.8 Å². The summed E-state index contributed by atoms with van der Waals surface area (Å²) >= 11 is 0. The lowest BCUT2D eigenvalue weighted by molar-refractivity contribution is 0.0692. The normalized spacial score (nSPS) is 26.8. The second kappa shape index (κ2) is 6.55. The molecule has 4 saturated heterocycles. The van der Waals surface area contributed by atoms with Crippen molar-refractivity contribution < 1.29 is 28.4 Å². The Morgan fingerprint density at radius 2 is 1.19 bits per heavy atom. The van der Waals surface area contributed by atoms with E-state index in [1.54, 1.807) is 12.4 Å². The van der Waals surface area contributed by atoms with Crippen molar-refractivity contribution in [3.63, 3.8) is 0 Å². The average Bonchev–Trinajstić information content (AvgIpc) is 3.38. The van der Waals surface area contributed by atoms with Gasteiger partial charge in [0, 0.05) is 0 Å². The molecule has 26 heavy (non-hydrogen) atoms. The van der Waals surface area contributed by atoms with Crippen molar-refractivity contribution in [2.24, 2.45) is 0 Å². The van der Waals surface area contributed by atoms with Gasteiger partial charge in [-0.15, -0.1) is 0 Å². The maximum atomic E-state index is 5.88. The Balaban J connectivity index is 1.21. The summed E-state index contributed by atoms with van der Waals surface area (Å²) in [5, 5.41) is 0. The van der Waals surface area contributed by atoms with Crippen LogP contribution in [0.25, 0.3) is 0 Å². The van der Waals surface area contributed by atoms with Crippen LogP contribution < -0.4 is 9.47 Å². The number of ether oxygens (including phenoxy) is 6. The zero-order valence-electron chi connectivity index (χ0n) is 14.5. The highest BCUT2D eigenvalue weighted by Gasteiger charge is 2.48. The molecule has 0 aromatic carbocycles. The maximum Gasteiger partial charge on any atom is 0.235 e. The first-order valence-corrected chi connectivity index (χ1v) is 8.67. The van der Waals surface area contributed by atoms with Crippen molar-refractivity contribution in [3.8, 4) is 11.8 Å². The van der Waals surface area contributed by atoms with E-state index in [2.05, 4.69) is 19.8 Å². The summed E-state index contributed by atoms with van der Waals surface area (Å²) in [5.74, 6) is 0.852. The number of fused-ring (bicyclic) bond motifs is 2. The molecule has 1 aromatic heterocycles. The van der Waals surface area contributed by atoms with E-state index in [9.17, 15) is 0 Å². The molecule has 0 N–H and O–H groups in total. The molecule has 0 spiro atoms. The molecule has 0 bridgehead atoms. The van der Waals surface area contributed by atoms with Gasteiger partial charge in [0.1, 0.15) is 51.2 Å². The fourth-order valence-electron chi connectivity index (χ4n) is 3.69. The average molecular weight is 366 g/mol. The van der Waals surface area contributed by atoms with E-state index in [-0.39, 0.29) is 11.1 Å². The first-order valence-electron chi connectivity index (χ1n) is 8.67. The summed E-state index contributed by atoms with van der Waals surface area (Å²) in [7, 11) is 0. The van der Waals surface area contributed by atoms with Crippen LogP contribution in [0.3, 0.4) is 0 Å². The minimum absolute atomic E-state index is 0.236. The van der Waals surface area contributed by atoms with Gasteiger partial charge in [-0.25, -0.2) is 9.80 Å². The van der Waals surface area contributed by atoms with Gasteiger partial charge in [0.2, 0.25) is 11.8 Å². The molecule has 10 heteroatoms. The SMILES string of the molecule is c1ncc(OCC23COCN2COC3)nc1OCC12COCN1COC2. The van der Waals surface area contributed by atoms with Gasteiger partial charge in [-0.3, -0.25) is 4.98 Å². The van der Waals surface area contributed by atoms with E-state index in [0.717, 1.165) is 0 Å². The molecular weight excluding hydrogens is 344 g/mol. The van der Waals surface area contributed by atoms with Crippen molar-refractivity contribution >= 4 is 0 Å². The Morgan fingerprint density at radius 3 is 1.62 bits per heavy atom. The first kappa shape index (κ1) is 16.6. The van der Waals surface area contributed by atoms with Gasteiger partial charge in [-0.1, -0.05) is 0 Å². The highest BCUT2D eigenvalue weighted by Crippen LogP contribution is 2.30.